The van der Waals surface area contributed by atoms with Gasteiger partial charge in [0.05, 0.1) is 23.7 Å². The Kier molecular flexibility index (Phi) is 6.15. The summed E-state index contributed by atoms with van der Waals surface area (Å²) in [5.41, 5.74) is -2.26. The van der Waals surface area contributed by atoms with Crippen molar-refractivity contribution in [3.05, 3.63) is 53.9 Å². The van der Waals surface area contributed by atoms with Crippen molar-refractivity contribution in [3.63, 3.8) is 0 Å². The lowest BCUT2D eigenvalue weighted by Crippen LogP contribution is -2.37. The topological polar surface area (TPSA) is 49.2 Å². The smallest absolute Gasteiger partial charge is 0.417 e. The molecule has 0 atom stereocenters. The molecular weight excluding hydrogens is 376 g/mol. The number of nitriles is 1. The molecule has 0 aliphatic heterocycles. The Morgan fingerprint density at radius 2 is 1.70 bits per heavy atom. The summed E-state index contributed by atoms with van der Waals surface area (Å²) in [6.07, 6.45) is -6.64. The van der Waals surface area contributed by atoms with Crippen LogP contribution in [0.2, 0.25) is 0 Å². The molecule has 0 aliphatic rings. The molecule has 27 heavy (non-hydrogen) atoms. The normalized spacial score (nSPS) is 11.7. The van der Waals surface area contributed by atoms with Crippen molar-refractivity contribution in [2.75, 3.05) is 24.6 Å². The summed E-state index contributed by atoms with van der Waals surface area (Å²) in [4.78, 5) is 4.48. The minimum atomic E-state index is -4.86. The molecule has 0 aliphatic carbocycles. The van der Waals surface area contributed by atoms with Gasteiger partial charge in [-0.15, -0.1) is 0 Å². The number of pyridine rings is 1. The zero-order valence-electron chi connectivity index (χ0n) is 13.7. The van der Waals surface area contributed by atoms with Gasteiger partial charge in [0.2, 0.25) is 0 Å². The molecule has 0 amide bonds. The quantitative estimate of drug-likeness (QED) is 0.687. The number of hydrogen-bond donors (Lipinski definition) is 0. The number of nitrogens with zero attached hydrogens (tertiary/aromatic N) is 3. The van der Waals surface area contributed by atoms with E-state index in [9.17, 15) is 26.3 Å². The molecule has 4 nitrogen and oxygen atoms in total. The number of aromatic nitrogens is 1. The van der Waals surface area contributed by atoms with Gasteiger partial charge in [-0.1, -0.05) is 0 Å². The Morgan fingerprint density at radius 1 is 1.04 bits per heavy atom. The lowest BCUT2D eigenvalue weighted by atomic mass is 10.1. The Morgan fingerprint density at radius 3 is 2.26 bits per heavy atom. The van der Waals surface area contributed by atoms with Crippen LogP contribution in [-0.4, -0.2) is 30.9 Å². The molecule has 0 fully saturated rings. The van der Waals surface area contributed by atoms with Crippen LogP contribution in [0.1, 0.15) is 11.1 Å². The molecule has 0 spiro atoms. The Balaban J connectivity index is 2.24. The first-order valence-electron chi connectivity index (χ1n) is 7.56. The summed E-state index contributed by atoms with van der Waals surface area (Å²) in [5, 5.41) is 8.80. The van der Waals surface area contributed by atoms with Gasteiger partial charge in [-0.25, -0.2) is 0 Å². The number of benzene rings is 1. The summed E-state index contributed by atoms with van der Waals surface area (Å²) in [5.74, 6) is 0.368. The van der Waals surface area contributed by atoms with Crippen LogP contribution in [0.15, 0.2) is 42.7 Å². The number of anilines is 1. The van der Waals surface area contributed by atoms with Crippen LogP contribution in [0.25, 0.3) is 0 Å². The van der Waals surface area contributed by atoms with E-state index in [0.717, 1.165) is 17.0 Å². The maximum atomic E-state index is 13.1. The molecule has 0 N–H and O–H groups in total. The van der Waals surface area contributed by atoms with Gasteiger partial charge in [-0.05, 0) is 30.3 Å². The van der Waals surface area contributed by atoms with Crippen LogP contribution in [0, 0.1) is 11.3 Å². The molecular formula is C17H13F6N3O. The van der Waals surface area contributed by atoms with Gasteiger partial charge < -0.3 is 9.64 Å². The van der Waals surface area contributed by atoms with Crippen molar-refractivity contribution in [1.82, 2.24) is 4.98 Å². The molecule has 0 saturated carbocycles. The van der Waals surface area contributed by atoms with E-state index in [4.69, 9.17) is 10.00 Å². The highest BCUT2D eigenvalue weighted by atomic mass is 19.4. The second-order valence-electron chi connectivity index (χ2n) is 5.41. The van der Waals surface area contributed by atoms with Crippen molar-refractivity contribution in [1.29, 1.82) is 5.26 Å². The monoisotopic (exact) mass is 389 g/mol. The summed E-state index contributed by atoms with van der Waals surface area (Å²) in [6.45, 7) is -1.97. The zero-order valence-corrected chi connectivity index (χ0v) is 13.7. The molecule has 1 heterocycles. The number of halogens is 6. The number of hydrogen-bond acceptors (Lipinski definition) is 4. The Hall–Kier alpha value is -2.96. The third kappa shape index (κ3) is 6.06. The van der Waals surface area contributed by atoms with E-state index in [1.54, 1.807) is 0 Å². The molecule has 2 aromatic rings. The second-order valence-corrected chi connectivity index (χ2v) is 5.41. The second kappa shape index (κ2) is 8.16. The maximum absolute atomic E-state index is 13.1. The SMILES string of the molecule is N#Cc1ccc(N(CCOc2ccncc2)CC(F)(F)F)cc1C(F)(F)F. The largest absolute Gasteiger partial charge is 0.492 e. The summed E-state index contributed by atoms with van der Waals surface area (Å²) in [7, 11) is 0. The van der Waals surface area contributed by atoms with E-state index >= 15 is 0 Å². The van der Waals surface area contributed by atoms with E-state index < -0.39 is 30.0 Å². The molecule has 0 bridgehead atoms. The van der Waals surface area contributed by atoms with Gasteiger partial charge in [0.15, 0.2) is 0 Å². The number of ether oxygens (including phenoxy) is 1. The van der Waals surface area contributed by atoms with E-state index in [-0.39, 0.29) is 18.8 Å². The fraction of sp³-hybridized carbons (Fsp3) is 0.294. The molecule has 1 aromatic heterocycles. The molecule has 2 rings (SSSR count). The maximum Gasteiger partial charge on any atom is 0.417 e. The van der Waals surface area contributed by atoms with Gasteiger partial charge in [-0.2, -0.15) is 31.6 Å². The van der Waals surface area contributed by atoms with Crippen LogP contribution >= 0.6 is 0 Å². The van der Waals surface area contributed by atoms with Crippen LogP contribution in [0.3, 0.4) is 0 Å². The predicted molar refractivity (Wildman–Crippen MR) is 84.2 cm³/mol. The number of rotatable bonds is 6. The standard InChI is InChI=1S/C17H13F6N3O/c18-16(19,20)11-26(7-8-27-14-3-5-25-6-4-14)13-2-1-12(10-24)15(9-13)17(21,22)23/h1-6,9H,7-8,11H2. The average molecular weight is 389 g/mol. The van der Waals surface area contributed by atoms with Crippen molar-refractivity contribution < 1.29 is 31.1 Å². The third-order valence-electron chi connectivity index (χ3n) is 3.44. The first-order chi connectivity index (χ1) is 12.6. The fourth-order valence-corrected chi connectivity index (χ4v) is 2.28. The van der Waals surface area contributed by atoms with Crippen molar-refractivity contribution in [3.8, 4) is 11.8 Å². The number of alkyl halides is 6. The molecule has 0 saturated heterocycles. The molecule has 0 unspecified atom stereocenters. The minimum Gasteiger partial charge on any atom is -0.492 e. The van der Waals surface area contributed by atoms with Gasteiger partial charge in [-0.3, -0.25) is 4.98 Å². The first kappa shape index (κ1) is 20.4. The van der Waals surface area contributed by atoms with Crippen LogP contribution in [0.4, 0.5) is 32.0 Å². The van der Waals surface area contributed by atoms with Crippen LogP contribution in [0.5, 0.6) is 5.75 Å². The molecule has 0 radical (unpaired) electrons. The van der Waals surface area contributed by atoms with E-state index in [2.05, 4.69) is 4.98 Å². The highest BCUT2D eigenvalue weighted by molar-refractivity contribution is 5.55. The zero-order chi connectivity index (χ0) is 20.1. The average Bonchev–Trinajstić information content (AvgIpc) is 2.59. The molecule has 10 heteroatoms. The predicted octanol–water partition coefficient (Wildman–Crippen LogP) is 4.42. The minimum absolute atomic E-state index is 0.193. The summed E-state index contributed by atoms with van der Waals surface area (Å²) < 4.78 is 83.1. The Bertz CT molecular complexity index is 799. The van der Waals surface area contributed by atoms with E-state index in [1.807, 2.05) is 0 Å². The highest BCUT2D eigenvalue weighted by Crippen LogP contribution is 2.35. The lowest BCUT2D eigenvalue weighted by molar-refractivity contribution is -0.137. The van der Waals surface area contributed by atoms with Crippen LogP contribution < -0.4 is 9.64 Å². The highest BCUT2D eigenvalue weighted by Gasteiger charge is 2.36. The van der Waals surface area contributed by atoms with Crippen molar-refractivity contribution >= 4 is 5.69 Å². The Labute approximate surface area is 150 Å². The molecule has 1 aromatic carbocycles. The van der Waals surface area contributed by atoms with Gasteiger partial charge in [0.1, 0.15) is 18.9 Å². The summed E-state index contributed by atoms with van der Waals surface area (Å²) in [6, 6.07) is 6.82. The first-order valence-corrected chi connectivity index (χ1v) is 7.56. The lowest BCUT2D eigenvalue weighted by Gasteiger charge is -2.27. The van der Waals surface area contributed by atoms with Crippen molar-refractivity contribution in [2.45, 2.75) is 12.4 Å². The summed E-state index contributed by atoms with van der Waals surface area (Å²) >= 11 is 0. The van der Waals surface area contributed by atoms with E-state index in [1.165, 1.54) is 30.6 Å². The molecule has 144 valence electrons. The van der Waals surface area contributed by atoms with Crippen LogP contribution in [-0.2, 0) is 6.18 Å². The third-order valence-corrected chi connectivity index (χ3v) is 3.44. The van der Waals surface area contributed by atoms with Crippen molar-refractivity contribution in [2.24, 2.45) is 0 Å². The van der Waals surface area contributed by atoms with Gasteiger partial charge >= 0.3 is 12.4 Å². The van der Waals surface area contributed by atoms with Gasteiger partial charge in [0.25, 0.3) is 0 Å². The fourth-order valence-electron chi connectivity index (χ4n) is 2.28. The van der Waals surface area contributed by atoms with Gasteiger partial charge in [0, 0.05) is 18.1 Å². The van der Waals surface area contributed by atoms with E-state index in [0.29, 0.717) is 11.8 Å².